The van der Waals surface area contributed by atoms with E-state index < -0.39 is 38.9 Å². The largest absolute Gasteiger partial charge is 0.381 e. The van der Waals surface area contributed by atoms with E-state index in [2.05, 4.69) is 0 Å². The SMILES string of the molecule is O=[N+]([O-])c1cccc([C@H]2[C@H]([N+](=O)[O-])[C@H](O)c3ccccc3[C@@H]2[N+](=O)[O-])c1. The highest BCUT2D eigenvalue weighted by atomic mass is 16.6. The summed E-state index contributed by atoms with van der Waals surface area (Å²) in [5.41, 5.74) is 0.0217. The summed E-state index contributed by atoms with van der Waals surface area (Å²) < 4.78 is 0. The molecular weight excluding hydrogens is 346 g/mol. The number of aliphatic hydroxyl groups is 1. The average Bonchev–Trinajstić information content (AvgIpc) is 2.61. The molecule has 4 atom stereocenters. The lowest BCUT2D eigenvalue weighted by molar-refractivity contribution is -0.582. The summed E-state index contributed by atoms with van der Waals surface area (Å²) in [6, 6.07) is 7.66. The van der Waals surface area contributed by atoms with E-state index in [4.69, 9.17) is 0 Å². The van der Waals surface area contributed by atoms with Crippen LogP contribution in [0, 0.1) is 30.3 Å². The van der Waals surface area contributed by atoms with Crippen molar-refractivity contribution >= 4 is 5.69 Å². The van der Waals surface area contributed by atoms with Crippen LogP contribution in [0.15, 0.2) is 48.5 Å². The van der Waals surface area contributed by atoms with Gasteiger partial charge in [0.15, 0.2) is 0 Å². The number of aliphatic hydroxyl groups excluding tert-OH is 1. The van der Waals surface area contributed by atoms with Crippen LogP contribution in [0.25, 0.3) is 0 Å². The smallest absolute Gasteiger partial charge is 0.269 e. The minimum atomic E-state index is -1.71. The monoisotopic (exact) mass is 359 g/mol. The van der Waals surface area contributed by atoms with Crippen LogP contribution in [0.1, 0.15) is 34.8 Å². The first-order chi connectivity index (χ1) is 12.3. The van der Waals surface area contributed by atoms with Crippen molar-refractivity contribution in [3.63, 3.8) is 0 Å². The fourth-order valence-electron chi connectivity index (χ4n) is 3.53. The summed E-state index contributed by atoms with van der Waals surface area (Å²) >= 11 is 0. The number of nitro groups is 3. The molecule has 2 aromatic rings. The Morgan fingerprint density at radius 3 is 2.08 bits per heavy atom. The van der Waals surface area contributed by atoms with E-state index in [0.29, 0.717) is 0 Å². The molecule has 2 aromatic carbocycles. The molecule has 10 nitrogen and oxygen atoms in total. The maximum atomic E-state index is 11.8. The van der Waals surface area contributed by atoms with Gasteiger partial charge in [-0.15, -0.1) is 0 Å². The second-order valence-electron chi connectivity index (χ2n) is 5.96. The first-order valence-corrected chi connectivity index (χ1v) is 7.61. The Labute approximate surface area is 146 Å². The van der Waals surface area contributed by atoms with Crippen LogP contribution in [0.4, 0.5) is 5.69 Å². The molecule has 0 spiro atoms. The number of rotatable bonds is 4. The van der Waals surface area contributed by atoms with Crippen LogP contribution in [0.3, 0.4) is 0 Å². The molecule has 0 amide bonds. The van der Waals surface area contributed by atoms with Crippen LogP contribution in [0.5, 0.6) is 0 Å². The molecule has 0 heterocycles. The highest BCUT2D eigenvalue weighted by molar-refractivity contribution is 5.43. The molecule has 0 fully saturated rings. The third-order valence-corrected chi connectivity index (χ3v) is 4.60. The van der Waals surface area contributed by atoms with Crippen molar-refractivity contribution in [3.8, 4) is 0 Å². The predicted octanol–water partition coefficient (Wildman–Crippen LogP) is 2.39. The number of hydrogen-bond acceptors (Lipinski definition) is 7. The van der Waals surface area contributed by atoms with Gasteiger partial charge < -0.3 is 5.11 Å². The Bertz CT molecular complexity index is 901. The van der Waals surface area contributed by atoms with Gasteiger partial charge in [-0.2, -0.15) is 0 Å². The normalized spacial score (nSPS) is 24.5. The molecule has 1 aliphatic rings. The zero-order chi connectivity index (χ0) is 19.0. The third-order valence-electron chi connectivity index (χ3n) is 4.60. The Hall–Kier alpha value is -3.40. The lowest BCUT2D eigenvalue weighted by atomic mass is 9.72. The molecule has 0 aliphatic heterocycles. The van der Waals surface area contributed by atoms with Crippen LogP contribution >= 0.6 is 0 Å². The van der Waals surface area contributed by atoms with Crippen molar-refractivity contribution in [2.75, 3.05) is 0 Å². The van der Waals surface area contributed by atoms with Crippen molar-refractivity contribution in [3.05, 3.63) is 95.6 Å². The van der Waals surface area contributed by atoms with E-state index in [9.17, 15) is 35.4 Å². The summed E-state index contributed by atoms with van der Waals surface area (Å²) in [6.45, 7) is 0. The molecule has 134 valence electrons. The summed E-state index contributed by atoms with van der Waals surface area (Å²) in [5, 5.41) is 44.9. The molecule has 26 heavy (non-hydrogen) atoms. The van der Waals surface area contributed by atoms with Crippen LogP contribution in [0.2, 0.25) is 0 Å². The minimum Gasteiger partial charge on any atom is -0.381 e. The molecule has 0 saturated heterocycles. The number of hydrogen-bond donors (Lipinski definition) is 1. The molecular formula is C16H13N3O7. The second-order valence-corrected chi connectivity index (χ2v) is 5.96. The number of fused-ring (bicyclic) bond motifs is 1. The zero-order valence-corrected chi connectivity index (χ0v) is 13.2. The van der Waals surface area contributed by atoms with Gasteiger partial charge >= 0.3 is 0 Å². The van der Waals surface area contributed by atoms with Crippen molar-refractivity contribution in [2.45, 2.75) is 24.1 Å². The van der Waals surface area contributed by atoms with Crippen molar-refractivity contribution in [2.24, 2.45) is 0 Å². The Morgan fingerprint density at radius 2 is 1.50 bits per heavy atom. The van der Waals surface area contributed by atoms with Crippen LogP contribution in [-0.2, 0) is 0 Å². The molecule has 0 unspecified atom stereocenters. The van der Waals surface area contributed by atoms with Crippen molar-refractivity contribution in [1.29, 1.82) is 0 Å². The Balaban J connectivity index is 2.25. The quantitative estimate of drug-likeness (QED) is 0.650. The first-order valence-electron chi connectivity index (χ1n) is 7.61. The molecule has 1 aliphatic carbocycles. The molecule has 0 saturated carbocycles. The van der Waals surface area contributed by atoms with Gasteiger partial charge in [0, 0.05) is 27.5 Å². The maximum absolute atomic E-state index is 11.8. The number of nitro benzene ring substituents is 1. The lowest BCUT2D eigenvalue weighted by Crippen LogP contribution is -2.43. The van der Waals surface area contributed by atoms with Gasteiger partial charge in [0.1, 0.15) is 12.0 Å². The van der Waals surface area contributed by atoms with Gasteiger partial charge in [-0.3, -0.25) is 30.3 Å². The standard InChI is InChI=1S/C16H13N3O7/c20-16-12-7-2-1-6-11(12)14(18(23)24)13(15(16)19(25)26)9-4-3-5-10(8-9)17(21)22/h1-8,13-16,20H/t13-,14+,15+,16-/m1/s1. The predicted molar refractivity (Wildman–Crippen MR) is 87.8 cm³/mol. The molecule has 0 bridgehead atoms. The van der Waals surface area contributed by atoms with Gasteiger partial charge in [-0.05, 0) is 11.1 Å². The lowest BCUT2D eigenvalue weighted by Gasteiger charge is -2.33. The summed E-state index contributed by atoms with van der Waals surface area (Å²) in [6.07, 6.45) is -1.57. The second kappa shape index (κ2) is 6.48. The van der Waals surface area contributed by atoms with E-state index in [1.807, 2.05) is 0 Å². The number of benzene rings is 2. The van der Waals surface area contributed by atoms with E-state index in [-0.39, 0.29) is 22.4 Å². The highest BCUT2D eigenvalue weighted by Gasteiger charge is 2.55. The van der Waals surface area contributed by atoms with Gasteiger partial charge in [-0.25, -0.2) is 0 Å². The van der Waals surface area contributed by atoms with Gasteiger partial charge in [-0.1, -0.05) is 36.4 Å². The van der Waals surface area contributed by atoms with Gasteiger partial charge in [0.2, 0.25) is 0 Å². The molecule has 1 N–H and O–H groups in total. The Morgan fingerprint density at radius 1 is 0.846 bits per heavy atom. The molecule has 0 aromatic heterocycles. The van der Waals surface area contributed by atoms with E-state index >= 15 is 0 Å². The van der Waals surface area contributed by atoms with Crippen molar-refractivity contribution < 1.29 is 19.9 Å². The fourth-order valence-corrected chi connectivity index (χ4v) is 3.53. The van der Waals surface area contributed by atoms with Crippen LogP contribution in [-0.4, -0.2) is 25.9 Å². The highest BCUT2D eigenvalue weighted by Crippen LogP contribution is 2.48. The summed E-state index contributed by atoms with van der Waals surface area (Å²) in [5.74, 6) is -1.36. The van der Waals surface area contributed by atoms with Gasteiger partial charge in [0.05, 0.1) is 4.92 Å². The summed E-state index contributed by atoms with van der Waals surface area (Å²) in [4.78, 5) is 32.3. The topological polar surface area (TPSA) is 150 Å². The fraction of sp³-hybridized carbons (Fsp3) is 0.250. The van der Waals surface area contributed by atoms with E-state index in [1.54, 1.807) is 6.07 Å². The third kappa shape index (κ3) is 2.75. The van der Waals surface area contributed by atoms with E-state index in [0.717, 1.165) is 6.07 Å². The van der Waals surface area contributed by atoms with E-state index in [1.165, 1.54) is 36.4 Å². The number of nitrogens with zero attached hydrogens (tertiary/aromatic N) is 3. The Kier molecular flexibility index (Phi) is 4.34. The summed E-state index contributed by atoms with van der Waals surface area (Å²) in [7, 11) is 0. The molecule has 0 radical (unpaired) electrons. The minimum absolute atomic E-state index is 0.0659. The molecule has 10 heteroatoms. The maximum Gasteiger partial charge on any atom is 0.269 e. The average molecular weight is 359 g/mol. The number of non-ortho nitro benzene ring substituents is 1. The molecule has 3 rings (SSSR count). The zero-order valence-electron chi connectivity index (χ0n) is 13.2. The van der Waals surface area contributed by atoms with Crippen molar-refractivity contribution in [1.82, 2.24) is 0 Å². The van der Waals surface area contributed by atoms with Crippen LogP contribution < -0.4 is 0 Å². The van der Waals surface area contributed by atoms with Gasteiger partial charge in [0.25, 0.3) is 17.8 Å². The first kappa shape index (κ1) is 17.4.